The number of aromatic hydroxyl groups is 2. The Morgan fingerprint density at radius 3 is 2.25 bits per heavy atom. The van der Waals surface area contributed by atoms with Crippen molar-refractivity contribution in [3.05, 3.63) is 47.5 Å². The topological polar surface area (TPSA) is 58.9 Å². The second kappa shape index (κ2) is 6.19. The number of hydrogen-bond donors (Lipinski definition) is 2. The number of benzene rings is 2. The number of methoxy groups -OCH3 is 2. The first-order valence-corrected chi connectivity index (χ1v) is 6.36. The largest absolute Gasteiger partial charge is 0.508 e. The number of ether oxygens (including phenoxy) is 2. The van der Waals surface area contributed by atoms with Crippen molar-refractivity contribution < 1.29 is 19.7 Å². The molecule has 0 fully saturated rings. The van der Waals surface area contributed by atoms with Crippen LogP contribution in [0.15, 0.2) is 36.4 Å². The molecule has 0 aliphatic carbocycles. The van der Waals surface area contributed by atoms with Crippen molar-refractivity contribution in [1.82, 2.24) is 0 Å². The molecule has 106 valence electrons. The third-order valence-electron chi connectivity index (χ3n) is 3.20. The SMILES string of the molecule is COc1ccc(CCc2ccc(O)cc2O)cc1OC. The van der Waals surface area contributed by atoms with Gasteiger partial charge in [-0.15, -0.1) is 0 Å². The summed E-state index contributed by atoms with van der Waals surface area (Å²) in [7, 11) is 3.21. The maximum atomic E-state index is 9.75. The predicted molar refractivity (Wildman–Crippen MR) is 76.7 cm³/mol. The highest BCUT2D eigenvalue weighted by Gasteiger charge is 2.06. The first-order chi connectivity index (χ1) is 9.63. The van der Waals surface area contributed by atoms with Crippen molar-refractivity contribution in [2.75, 3.05) is 14.2 Å². The molecule has 0 saturated carbocycles. The molecule has 0 aliphatic heterocycles. The summed E-state index contributed by atoms with van der Waals surface area (Å²) in [6, 6.07) is 10.4. The van der Waals surface area contributed by atoms with E-state index in [4.69, 9.17) is 9.47 Å². The number of phenolic OH excluding ortho intramolecular Hbond substituents is 2. The minimum atomic E-state index is 0.0670. The highest BCUT2D eigenvalue weighted by atomic mass is 16.5. The molecule has 2 rings (SSSR count). The van der Waals surface area contributed by atoms with Crippen LogP contribution in [0.5, 0.6) is 23.0 Å². The van der Waals surface area contributed by atoms with Gasteiger partial charge in [-0.2, -0.15) is 0 Å². The smallest absolute Gasteiger partial charge is 0.160 e. The third kappa shape index (κ3) is 3.15. The summed E-state index contributed by atoms with van der Waals surface area (Å²) in [5, 5.41) is 19.0. The van der Waals surface area contributed by atoms with Gasteiger partial charge in [-0.3, -0.25) is 0 Å². The zero-order chi connectivity index (χ0) is 14.5. The molecule has 0 saturated heterocycles. The lowest BCUT2D eigenvalue weighted by atomic mass is 10.0. The molecule has 0 radical (unpaired) electrons. The van der Waals surface area contributed by atoms with Crippen LogP contribution in [0.2, 0.25) is 0 Å². The lowest BCUT2D eigenvalue weighted by Gasteiger charge is -2.10. The van der Waals surface area contributed by atoms with Crippen molar-refractivity contribution >= 4 is 0 Å². The molecule has 0 atom stereocenters. The molecule has 2 N–H and O–H groups in total. The summed E-state index contributed by atoms with van der Waals surface area (Å²) >= 11 is 0. The van der Waals surface area contributed by atoms with Crippen LogP contribution in [-0.4, -0.2) is 24.4 Å². The Kier molecular flexibility index (Phi) is 4.35. The van der Waals surface area contributed by atoms with Crippen LogP contribution >= 0.6 is 0 Å². The Morgan fingerprint density at radius 1 is 0.850 bits per heavy atom. The van der Waals surface area contributed by atoms with Crippen LogP contribution in [-0.2, 0) is 12.8 Å². The number of phenols is 2. The maximum Gasteiger partial charge on any atom is 0.160 e. The minimum Gasteiger partial charge on any atom is -0.508 e. The van der Waals surface area contributed by atoms with Gasteiger partial charge in [0.25, 0.3) is 0 Å². The minimum absolute atomic E-state index is 0.0670. The van der Waals surface area contributed by atoms with Gasteiger partial charge in [0.1, 0.15) is 11.5 Å². The van der Waals surface area contributed by atoms with E-state index in [-0.39, 0.29) is 11.5 Å². The summed E-state index contributed by atoms with van der Waals surface area (Å²) in [6.07, 6.45) is 1.44. The molecule has 0 aromatic heterocycles. The van der Waals surface area contributed by atoms with Gasteiger partial charge in [0.05, 0.1) is 14.2 Å². The summed E-state index contributed by atoms with van der Waals surface area (Å²) in [4.78, 5) is 0. The van der Waals surface area contributed by atoms with Gasteiger partial charge in [0, 0.05) is 6.07 Å². The molecule has 20 heavy (non-hydrogen) atoms. The van der Waals surface area contributed by atoms with Crippen molar-refractivity contribution in [3.63, 3.8) is 0 Å². The first-order valence-electron chi connectivity index (χ1n) is 6.36. The Hall–Kier alpha value is -2.36. The van der Waals surface area contributed by atoms with Crippen LogP contribution in [0.3, 0.4) is 0 Å². The highest BCUT2D eigenvalue weighted by Crippen LogP contribution is 2.29. The molecular formula is C16H18O4. The molecule has 0 amide bonds. The number of hydrogen-bond acceptors (Lipinski definition) is 4. The van der Waals surface area contributed by atoms with E-state index in [0.717, 1.165) is 17.5 Å². The molecular weight excluding hydrogens is 256 g/mol. The van der Waals surface area contributed by atoms with E-state index >= 15 is 0 Å². The summed E-state index contributed by atoms with van der Waals surface area (Å²) in [5.41, 5.74) is 1.90. The fraction of sp³-hybridized carbons (Fsp3) is 0.250. The summed E-state index contributed by atoms with van der Waals surface area (Å²) in [5.74, 6) is 1.58. The van der Waals surface area contributed by atoms with Gasteiger partial charge in [0.2, 0.25) is 0 Å². The molecule has 4 nitrogen and oxygen atoms in total. The van der Waals surface area contributed by atoms with E-state index in [2.05, 4.69) is 0 Å². The van der Waals surface area contributed by atoms with Crippen molar-refractivity contribution in [2.24, 2.45) is 0 Å². The number of rotatable bonds is 5. The highest BCUT2D eigenvalue weighted by molar-refractivity contribution is 5.44. The molecule has 0 unspecified atom stereocenters. The fourth-order valence-corrected chi connectivity index (χ4v) is 2.08. The molecule has 2 aromatic rings. The van der Waals surface area contributed by atoms with Gasteiger partial charge in [-0.25, -0.2) is 0 Å². The van der Waals surface area contributed by atoms with Crippen LogP contribution in [0.4, 0.5) is 0 Å². The van der Waals surface area contributed by atoms with E-state index in [9.17, 15) is 10.2 Å². The second-order valence-electron chi connectivity index (χ2n) is 4.50. The van der Waals surface area contributed by atoms with Crippen LogP contribution in [0, 0.1) is 0 Å². The quantitative estimate of drug-likeness (QED) is 0.880. The molecule has 0 heterocycles. The Bertz CT molecular complexity index is 593. The van der Waals surface area contributed by atoms with Gasteiger partial charge in [-0.05, 0) is 42.2 Å². The summed E-state index contributed by atoms with van der Waals surface area (Å²) in [6.45, 7) is 0. The third-order valence-corrected chi connectivity index (χ3v) is 3.20. The second-order valence-corrected chi connectivity index (χ2v) is 4.50. The van der Waals surface area contributed by atoms with Gasteiger partial charge >= 0.3 is 0 Å². The Balaban J connectivity index is 2.10. The molecule has 2 aromatic carbocycles. The molecule has 0 spiro atoms. The standard InChI is InChI=1S/C16H18O4/c1-19-15-8-4-11(9-16(15)20-2)3-5-12-6-7-13(17)10-14(12)18/h4,6-10,17-18H,3,5H2,1-2H3. The van der Waals surface area contributed by atoms with Gasteiger partial charge < -0.3 is 19.7 Å². The lowest BCUT2D eigenvalue weighted by Crippen LogP contribution is -1.95. The van der Waals surface area contributed by atoms with E-state index in [1.54, 1.807) is 26.4 Å². The monoisotopic (exact) mass is 274 g/mol. The fourth-order valence-electron chi connectivity index (χ4n) is 2.08. The van der Waals surface area contributed by atoms with E-state index in [1.165, 1.54) is 6.07 Å². The Labute approximate surface area is 118 Å². The van der Waals surface area contributed by atoms with Crippen LogP contribution in [0.25, 0.3) is 0 Å². The van der Waals surface area contributed by atoms with Crippen molar-refractivity contribution in [1.29, 1.82) is 0 Å². The van der Waals surface area contributed by atoms with Crippen molar-refractivity contribution in [3.8, 4) is 23.0 Å². The van der Waals surface area contributed by atoms with E-state index in [1.807, 2.05) is 18.2 Å². The molecule has 0 aliphatic rings. The van der Waals surface area contributed by atoms with Crippen LogP contribution in [0.1, 0.15) is 11.1 Å². The first kappa shape index (κ1) is 14.1. The maximum absolute atomic E-state index is 9.75. The summed E-state index contributed by atoms with van der Waals surface area (Å²) < 4.78 is 10.5. The predicted octanol–water partition coefficient (Wildman–Crippen LogP) is 2.90. The Morgan fingerprint density at radius 2 is 1.60 bits per heavy atom. The molecule has 4 heteroatoms. The zero-order valence-electron chi connectivity index (χ0n) is 11.6. The van der Waals surface area contributed by atoms with Crippen molar-refractivity contribution in [2.45, 2.75) is 12.8 Å². The normalized spacial score (nSPS) is 10.3. The van der Waals surface area contributed by atoms with Crippen LogP contribution < -0.4 is 9.47 Å². The molecule has 0 bridgehead atoms. The van der Waals surface area contributed by atoms with E-state index in [0.29, 0.717) is 17.9 Å². The van der Waals surface area contributed by atoms with Gasteiger partial charge in [0.15, 0.2) is 11.5 Å². The zero-order valence-corrected chi connectivity index (χ0v) is 11.6. The average Bonchev–Trinajstić information content (AvgIpc) is 2.46. The van der Waals surface area contributed by atoms with Gasteiger partial charge in [-0.1, -0.05) is 12.1 Å². The number of aryl methyl sites for hydroxylation is 2. The average molecular weight is 274 g/mol. The lowest BCUT2D eigenvalue weighted by molar-refractivity contribution is 0.354. The van der Waals surface area contributed by atoms with E-state index < -0.39 is 0 Å².